The summed E-state index contributed by atoms with van der Waals surface area (Å²) in [6, 6.07) is 3.51. The van der Waals surface area contributed by atoms with Crippen LogP contribution in [-0.4, -0.2) is 0 Å². The topological polar surface area (TPSA) is 50.7 Å². The van der Waals surface area contributed by atoms with Crippen molar-refractivity contribution in [2.75, 3.05) is 0 Å². The molecule has 0 atom stereocenters. The molecule has 1 heterocycles. The molecule has 0 spiro atoms. The molecule has 0 radical (unpaired) electrons. The van der Waals surface area contributed by atoms with E-state index in [1.54, 1.807) is 6.07 Å². The molecule has 0 unspecified atom stereocenters. The van der Waals surface area contributed by atoms with Crippen LogP contribution in [-0.2, 0) is 12.6 Å². The largest absolute Gasteiger partial charge is 0.618 e. The summed E-state index contributed by atoms with van der Waals surface area (Å²) in [7, 11) is 0. The van der Waals surface area contributed by atoms with Gasteiger partial charge >= 0.3 is 6.18 Å². The van der Waals surface area contributed by atoms with Gasteiger partial charge in [0.2, 0.25) is 0 Å². The molecule has 1 aromatic heterocycles. The Morgan fingerprint density at radius 2 is 2.07 bits per heavy atom. The minimum atomic E-state index is -4.66. The quantitative estimate of drug-likeness (QED) is 0.510. The first-order valence-corrected chi connectivity index (χ1v) is 3.61. The Morgan fingerprint density at radius 1 is 1.43 bits per heavy atom. The van der Waals surface area contributed by atoms with Crippen LogP contribution in [0.5, 0.6) is 0 Å². The summed E-state index contributed by atoms with van der Waals surface area (Å²) >= 11 is 0. The van der Waals surface area contributed by atoms with Crippen molar-refractivity contribution in [3.8, 4) is 6.07 Å². The number of nitriles is 1. The van der Waals surface area contributed by atoms with Crippen molar-refractivity contribution in [3.05, 3.63) is 34.8 Å². The van der Waals surface area contributed by atoms with Gasteiger partial charge in [0.15, 0.2) is 6.20 Å². The monoisotopic (exact) mass is 202 g/mol. The van der Waals surface area contributed by atoms with E-state index in [0.717, 1.165) is 12.3 Å². The van der Waals surface area contributed by atoms with Gasteiger partial charge in [-0.3, -0.25) is 0 Å². The van der Waals surface area contributed by atoms with Crippen LogP contribution in [0.2, 0.25) is 0 Å². The molecule has 1 rings (SSSR count). The minimum absolute atomic E-state index is 0.0830. The molecule has 0 N–H and O–H groups in total. The van der Waals surface area contributed by atoms with Crippen molar-refractivity contribution >= 4 is 0 Å². The highest BCUT2D eigenvalue weighted by Gasteiger charge is 2.39. The normalized spacial score (nSPS) is 11.0. The highest BCUT2D eigenvalue weighted by Crippen LogP contribution is 2.26. The maximum atomic E-state index is 12.1. The SMILES string of the molecule is N#CCc1ccc(C(F)(F)F)[n+]([O-])c1. The van der Waals surface area contributed by atoms with Crippen LogP contribution < -0.4 is 4.73 Å². The number of rotatable bonds is 1. The standard InChI is InChI=1S/C8H5F3N2O/c9-8(10,11)7-2-1-6(3-4-12)5-13(7)14/h1-2,5H,3H2. The third kappa shape index (κ3) is 2.13. The van der Waals surface area contributed by atoms with Crippen LogP contribution in [0.3, 0.4) is 0 Å². The summed E-state index contributed by atoms with van der Waals surface area (Å²) in [5, 5.41) is 19.1. The Balaban J connectivity index is 3.09. The molecule has 0 aliphatic carbocycles. The Hall–Kier alpha value is -1.77. The first-order chi connectivity index (χ1) is 6.45. The van der Waals surface area contributed by atoms with Crippen LogP contribution in [0.25, 0.3) is 0 Å². The zero-order chi connectivity index (χ0) is 10.8. The number of nitrogens with zero attached hydrogens (tertiary/aromatic N) is 2. The molecule has 0 amide bonds. The molecule has 74 valence electrons. The molecule has 1 aromatic rings. The van der Waals surface area contributed by atoms with Gasteiger partial charge in [-0.25, -0.2) is 0 Å². The van der Waals surface area contributed by atoms with Gasteiger partial charge in [-0.05, 0) is 6.07 Å². The molecule has 0 aromatic carbocycles. The van der Waals surface area contributed by atoms with Gasteiger partial charge in [0.25, 0.3) is 5.69 Å². The van der Waals surface area contributed by atoms with Gasteiger partial charge in [-0.15, -0.1) is 0 Å². The van der Waals surface area contributed by atoms with Crippen LogP contribution >= 0.6 is 0 Å². The summed E-state index contributed by atoms with van der Waals surface area (Å²) in [5.41, 5.74) is -1.02. The lowest BCUT2D eigenvalue weighted by molar-refractivity contribution is -0.629. The second-order valence-electron chi connectivity index (χ2n) is 2.58. The van der Waals surface area contributed by atoms with Gasteiger partial charge in [-0.2, -0.15) is 23.2 Å². The average Bonchev–Trinajstić information content (AvgIpc) is 2.02. The predicted molar refractivity (Wildman–Crippen MR) is 39.7 cm³/mol. The maximum absolute atomic E-state index is 12.1. The zero-order valence-electron chi connectivity index (χ0n) is 6.88. The fourth-order valence-electron chi connectivity index (χ4n) is 0.938. The summed E-state index contributed by atoms with van der Waals surface area (Å²) < 4.78 is 36.0. The first kappa shape index (κ1) is 10.3. The van der Waals surface area contributed by atoms with Crippen molar-refractivity contribution in [2.24, 2.45) is 0 Å². The zero-order valence-corrected chi connectivity index (χ0v) is 6.88. The van der Waals surface area contributed by atoms with Crippen molar-refractivity contribution in [2.45, 2.75) is 12.6 Å². The van der Waals surface area contributed by atoms with Gasteiger partial charge in [0.1, 0.15) is 0 Å². The number of hydrogen-bond donors (Lipinski definition) is 0. The Labute approximate surface area is 77.6 Å². The predicted octanol–water partition coefficient (Wildman–Crippen LogP) is 1.40. The van der Waals surface area contributed by atoms with E-state index in [0.29, 0.717) is 6.07 Å². The molecule has 0 saturated carbocycles. The molecule has 0 bridgehead atoms. The summed E-state index contributed by atoms with van der Waals surface area (Å²) in [5.74, 6) is 0. The van der Waals surface area contributed by atoms with Crippen molar-refractivity contribution in [1.82, 2.24) is 0 Å². The Bertz CT molecular complexity index is 381. The molecule has 0 aliphatic rings. The van der Waals surface area contributed by atoms with E-state index in [1.807, 2.05) is 0 Å². The van der Waals surface area contributed by atoms with Crippen molar-refractivity contribution in [1.29, 1.82) is 5.26 Å². The van der Waals surface area contributed by atoms with Gasteiger partial charge in [-0.1, -0.05) is 0 Å². The highest BCUT2D eigenvalue weighted by atomic mass is 19.4. The van der Waals surface area contributed by atoms with Gasteiger partial charge < -0.3 is 5.21 Å². The third-order valence-electron chi connectivity index (χ3n) is 1.55. The van der Waals surface area contributed by atoms with Crippen LogP contribution in [0.4, 0.5) is 13.2 Å². The maximum Gasteiger partial charge on any atom is 0.478 e. The highest BCUT2D eigenvalue weighted by molar-refractivity contribution is 5.14. The number of pyridine rings is 1. The molecule has 6 heteroatoms. The van der Waals surface area contributed by atoms with E-state index in [9.17, 15) is 18.4 Å². The van der Waals surface area contributed by atoms with E-state index >= 15 is 0 Å². The third-order valence-corrected chi connectivity index (χ3v) is 1.55. The van der Waals surface area contributed by atoms with Crippen molar-refractivity contribution < 1.29 is 17.9 Å². The Kier molecular flexibility index (Phi) is 2.60. The molecular weight excluding hydrogens is 197 g/mol. The van der Waals surface area contributed by atoms with Gasteiger partial charge in [0, 0.05) is 11.6 Å². The average molecular weight is 202 g/mol. The molecule has 14 heavy (non-hydrogen) atoms. The fraction of sp³-hybridized carbons (Fsp3) is 0.250. The van der Waals surface area contributed by atoms with E-state index in [1.165, 1.54) is 0 Å². The second-order valence-corrected chi connectivity index (χ2v) is 2.58. The fourth-order valence-corrected chi connectivity index (χ4v) is 0.938. The van der Waals surface area contributed by atoms with E-state index in [2.05, 4.69) is 0 Å². The minimum Gasteiger partial charge on any atom is -0.618 e. The van der Waals surface area contributed by atoms with E-state index in [-0.39, 0.29) is 16.7 Å². The molecule has 0 saturated heterocycles. The molecular formula is C8H5F3N2O. The van der Waals surface area contributed by atoms with Gasteiger partial charge in [0.05, 0.1) is 12.5 Å². The Morgan fingerprint density at radius 3 is 2.50 bits per heavy atom. The smallest absolute Gasteiger partial charge is 0.478 e. The van der Waals surface area contributed by atoms with Crippen molar-refractivity contribution in [3.63, 3.8) is 0 Å². The van der Waals surface area contributed by atoms with E-state index in [4.69, 9.17) is 5.26 Å². The lowest BCUT2D eigenvalue weighted by Gasteiger charge is -2.07. The number of halogens is 3. The second kappa shape index (κ2) is 3.54. The van der Waals surface area contributed by atoms with Crippen LogP contribution in [0, 0.1) is 16.5 Å². The summed E-state index contributed by atoms with van der Waals surface area (Å²) in [6.45, 7) is 0. The molecule has 0 fully saturated rings. The number of aromatic nitrogens is 1. The molecule has 3 nitrogen and oxygen atoms in total. The summed E-state index contributed by atoms with van der Waals surface area (Å²) in [6.07, 6.45) is -3.99. The lowest BCUT2D eigenvalue weighted by atomic mass is 10.2. The first-order valence-electron chi connectivity index (χ1n) is 3.61. The van der Waals surface area contributed by atoms with Crippen LogP contribution in [0.15, 0.2) is 18.3 Å². The summed E-state index contributed by atoms with van der Waals surface area (Å²) in [4.78, 5) is 0. The van der Waals surface area contributed by atoms with Crippen LogP contribution in [0.1, 0.15) is 11.3 Å². The molecule has 0 aliphatic heterocycles. The lowest BCUT2D eigenvalue weighted by Crippen LogP contribution is -2.36. The van der Waals surface area contributed by atoms with E-state index < -0.39 is 11.9 Å². The number of alkyl halides is 3. The number of hydrogen-bond acceptors (Lipinski definition) is 2.